The highest BCUT2D eigenvalue weighted by atomic mass is 32.2. The molecule has 1 aliphatic heterocycles. The van der Waals surface area contributed by atoms with E-state index in [0.29, 0.717) is 5.75 Å². The van der Waals surface area contributed by atoms with Crippen molar-refractivity contribution in [1.82, 2.24) is 0 Å². The molecule has 0 radical (unpaired) electrons. The molecule has 1 rings (SSSR count). The highest BCUT2D eigenvalue weighted by Gasteiger charge is 2.05. The van der Waals surface area contributed by atoms with Gasteiger partial charge >= 0.3 is 5.97 Å². The molecule has 0 fully saturated rings. The first-order chi connectivity index (χ1) is 6.72. The minimum absolute atomic E-state index is 0.135. The number of nitrogens with zero attached hydrogens (tertiary/aromatic N) is 1. The first-order valence-corrected chi connectivity index (χ1v) is 5.53. The van der Waals surface area contributed by atoms with Gasteiger partial charge in [0.1, 0.15) is 0 Å². The summed E-state index contributed by atoms with van der Waals surface area (Å²) < 4.78 is 0. The Hall–Kier alpha value is -1.03. The van der Waals surface area contributed by atoms with Crippen molar-refractivity contribution in [3.8, 4) is 0 Å². The van der Waals surface area contributed by atoms with Gasteiger partial charge in [0.2, 0.25) is 0 Å². The van der Waals surface area contributed by atoms with Gasteiger partial charge in [-0.2, -0.15) is 0 Å². The van der Waals surface area contributed by atoms with E-state index in [1.54, 1.807) is 0 Å². The van der Waals surface area contributed by atoms with Gasteiger partial charge in [-0.05, 0) is 18.1 Å². The molecule has 1 aliphatic rings. The summed E-state index contributed by atoms with van der Waals surface area (Å²) in [5, 5.41) is 8.45. The quantitative estimate of drug-likeness (QED) is 0.754. The number of rotatable bonds is 5. The minimum Gasteiger partial charge on any atom is -0.481 e. The van der Waals surface area contributed by atoms with Crippen molar-refractivity contribution in [2.45, 2.75) is 6.42 Å². The summed E-state index contributed by atoms with van der Waals surface area (Å²) in [7, 11) is 0. The van der Waals surface area contributed by atoms with Gasteiger partial charge < -0.3 is 5.11 Å². The molecule has 0 spiro atoms. The van der Waals surface area contributed by atoms with Gasteiger partial charge in [0.15, 0.2) is 0 Å². The van der Waals surface area contributed by atoms with Crippen molar-refractivity contribution in [1.29, 1.82) is 0 Å². The van der Waals surface area contributed by atoms with Crippen LogP contribution in [0.4, 0.5) is 0 Å². The summed E-state index contributed by atoms with van der Waals surface area (Å²) >= 11 is 1.37. The van der Waals surface area contributed by atoms with Gasteiger partial charge in [-0.25, -0.2) is 0 Å². The second kappa shape index (κ2) is 5.65. The van der Waals surface area contributed by atoms with E-state index in [-0.39, 0.29) is 5.75 Å². The number of hydrogen-bond donors (Lipinski definition) is 1. The lowest BCUT2D eigenvalue weighted by Gasteiger charge is -2.09. The average molecular weight is 211 g/mol. The molecule has 0 aromatic carbocycles. The highest BCUT2D eigenvalue weighted by Crippen LogP contribution is 2.11. The Labute approximate surface area is 87.6 Å². The number of aliphatic carboxylic acids is 1. The second-order valence-electron chi connectivity index (χ2n) is 2.93. The summed E-state index contributed by atoms with van der Waals surface area (Å²) in [5.74, 6) is 0.0271. The third-order valence-corrected chi connectivity index (χ3v) is 2.76. The van der Waals surface area contributed by atoms with E-state index in [2.05, 4.69) is 11.6 Å². The third-order valence-electron chi connectivity index (χ3n) is 1.81. The minimum atomic E-state index is -0.778. The van der Waals surface area contributed by atoms with Crippen LogP contribution >= 0.6 is 11.8 Å². The first-order valence-electron chi connectivity index (χ1n) is 4.38. The van der Waals surface area contributed by atoms with E-state index in [4.69, 9.17) is 5.11 Å². The molecule has 0 saturated heterocycles. The number of allylic oxidation sites excluding steroid dienone is 2. The maximum Gasteiger partial charge on any atom is 0.313 e. The van der Waals surface area contributed by atoms with Crippen molar-refractivity contribution < 1.29 is 9.90 Å². The van der Waals surface area contributed by atoms with Crippen LogP contribution in [0.5, 0.6) is 0 Å². The van der Waals surface area contributed by atoms with Gasteiger partial charge in [-0.1, -0.05) is 12.7 Å². The molecule has 76 valence electrons. The molecular formula is C10H13NO2S. The van der Waals surface area contributed by atoms with Crippen LogP contribution in [0.1, 0.15) is 6.42 Å². The van der Waals surface area contributed by atoms with Crippen LogP contribution in [0, 0.1) is 0 Å². The largest absolute Gasteiger partial charge is 0.481 e. The zero-order valence-corrected chi connectivity index (χ0v) is 8.72. The number of aliphatic imine (C=N–C) groups is 1. The number of carbonyl (C=O) groups is 1. The molecule has 14 heavy (non-hydrogen) atoms. The topological polar surface area (TPSA) is 49.7 Å². The zero-order valence-electron chi connectivity index (χ0n) is 7.90. The molecule has 4 heteroatoms. The van der Waals surface area contributed by atoms with Crippen LogP contribution in [0.25, 0.3) is 0 Å². The molecule has 1 N–H and O–H groups in total. The normalized spacial score (nSPS) is 15.7. The van der Waals surface area contributed by atoms with Crippen LogP contribution in [0.15, 0.2) is 29.3 Å². The Morgan fingerprint density at radius 3 is 3.21 bits per heavy atom. The molecule has 1 heterocycles. The number of dihydropyridines is 1. The number of hydrogen-bond acceptors (Lipinski definition) is 3. The Morgan fingerprint density at radius 1 is 1.79 bits per heavy atom. The third kappa shape index (κ3) is 3.79. The standard InChI is InChI=1S/C10H13NO2S/c1-2-8-3-4-11-9(5-8)6-14-7-10(12)13/h2,5H,1,3-4,6-7H2,(H,12,13). The summed E-state index contributed by atoms with van der Waals surface area (Å²) in [6.07, 6.45) is 4.76. The van der Waals surface area contributed by atoms with Crippen molar-refractivity contribution >= 4 is 23.4 Å². The SMILES string of the molecule is C=CC1=CC(CSCC(=O)O)=NCC1. The van der Waals surface area contributed by atoms with Gasteiger partial charge in [0.05, 0.1) is 5.75 Å². The lowest BCUT2D eigenvalue weighted by molar-refractivity contribution is -0.133. The number of thioether (sulfide) groups is 1. The summed E-state index contributed by atoms with van der Waals surface area (Å²) in [4.78, 5) is 14.6. The Kier molecular flexibility index (Phi) is 4.46. The van der Waals surface area contributed by atoms with Crippen LogP contribution in [-0.2, 0) is 4.79 Å². The molecule has 0 bridgehead atoms. The maximum absolute atomic E-state index is 10.3. The molecule has 0 unspecified atom stereocenters. The Bertz CT molecular complexity index is 294. The Balaban J connectivity index is 2.38. The molecule has 0 amide bonds. The number of carboxylic acid groups (broad SMARTS) is 1. The molecular weight excluding hydrogens is 198 g/mol. The van der Waals surface area contributed by atoms with Gasteiger partial charge in [0.25, 0.3) is 0 Å². The average Bonchev–Trinajstić information content (AvgIpc) is 2.18. The predicted octanol–water partition coefficient (Wildman–Crippen LogP) is 1.76. The van der Waals surface area contributed by atoms with Crippen molar-refractivity contribution in [3.63, 3.8) is 0 Å². The van der Waals surface area contributed by atoms with Crippen molar-refractivity contribution in [3.05, 3.63) is 24.3 Å². The predicted molar refractivity (Wildman–Crippen MR) is 60.2 cm³/mol. The van der Waals surface area contributed by atoms with Crippen LogP contribution < -0.4 is 0 Å². The zero-order chi connectivity index (χ0) is 10.4. The van der Waals surface area contributed by atoms with Crippen LogP contribution in [0.2, 0.25) is 0 Å². The van der Waals surface area contributed by atoms with E-state index >= 15 is 0 Å². The van der Waals surface area contributed by atoms with Crippen LogP contribution in [0.3, 0.4) is 0 Å². The molecule has 0 atom stereocenters. The van der Waals surface area contributed by atoms with E-state index in [0.717, 1.165) is 18.7 Å². The maximum atomic E-state index is 10.3. The van der Waals surface area contributed by atoms with E-state index in [1.165, 1.54) is 17.3 Å². The fourth-order valence-corrected chi connectivity index (χ4v) is 1.81. The fraction of sp³-hybridized carbons (Fsp3) is 0.400. The summed E-state index contributed by atoms with van der Waals surface area (Å²) in [5.41, 5.74) is 2.16. The molecule has 0 aromatic rings. The summed E-state index contributed by atoms with van der Waals surface area (Å²) in [6.45, 7) is 4.50. The lowest BCUT2D eigenvalue weighted by atomic mass is 10.1. The van der Waals surface area contributed by atoms with Gasteiger partial charge in [0, 0.05) is 18.0 Å². The molecule has 0 saturated carbocycles. The number of carboxylic acids is 1. The van der Waals surface area contributed by atoms with Crippen molar-refractivity contribution in [2.24, 2.45) is 4.99 Å². The van der Waals surface area contributed by atoms with E-state index in [9.17, 15) is 4.79 Å². The van der Waals surface area contributed by atoms with Gasteiger partial charge in [-0.3, -0.25) is 9.79 Å². The summed E-state index contributed by atoms with van der Waals surface area (Å²) in [6, 6.07) is 0. The van der Waals surface area contributed by atoms with E-state index in [1.807, 2.05) is 12.2 Å². The highest BCUT2D eigenvalue weighted by molar-refractivity contribution is 8.00. The fourth-order valence-electron chi connectivity index (χ4n) is 1.15. The van der Waals surface area contributed by atoms with Crippen LogP contribution in [-0.4, -0.2) is 34.8 Å². The Morgan fingerprint density at radius 2 is 2.57 bits per heavy atom. The second-order valence-corrected chi connectivity index (χ2v) is 3.92. The first kappa shape index (κ1) is 11.0. The van der Waals surface area contributed by atoms with Crippen molar-refractivity contribution in [2.75, 3.05) is 18.1 Å². The molecule has 3 nitrogen and oxygen atoms in total. The smallest absolute Gasteiger partial charge is 0.313 e. The lowest BCUT2D eigenvalue weighted by Crippen LogP contribution is -2.08. The van der Waals surface area contributed by atoms with E-state index < -0.39 is 5.97 Å². The molecule has 0 aliphatic carbocycles. The monoisotopic (exact) mass is 211 g/mol. The van der Waals surface area contributed by atoms with Gasteiger partial charge in [-0.15, -0.1) is 11.8 Å². The molecule has 0 aromatic heterocycles.